The summed E-state index contributed by atoms with van der Waals surface area (Å²) < 4.78 is 11.1. The second kappa shape index (κ2) is 8.64. The van der Waals surface area contributed by atoms with E-state index in [0.717, 1.165) is 36.0 Å². The topological polar surface area (TPSA) is 43.4 Å². The molecule has 21 heavy (non-hydrogen) atoms. The number of nitrogens with zero attached hydrogens (tertiary/aromatic N) is 1. The molecule has 0 amide bonds. The van der Waals surface area contributed by atoms with E-state index in [9.17, 15) is 0 Å². The maximum atomic E-state index is 5.73. The van der Waals surface area contributed by atoms with E-state index in [2.05, 4.69) is 17.2 Å². The third-order valence-electron chi connectivity index (χ3n) is 2.87. The van der Waals surface area contributed by atoms with Crippen LogP contribution >= 0.6 is 11.3 Å². The molecule has 0 radical (unpaired) electrons. The number of nitrogens with one attached hydrogen (secondary N) is 1. The van der Waals surface area contributed by atoms with Crippen molar-refractivity contribution in [2.45, 2.75) is 26.8 Å². The largest absolute Gasteiger partial charge is 0.494 e. The molecular formula is C16H22N2O2S. The summed E-state index contributed by atoms with van der Waals surface area (Å²) in [5.41, 5.74) is 0. The Kier molecular flexibility index (Phi) is 6.50. The van der Waals surface area contributed by atoms with Crippen LogP contribution in [0.3, 0.4) is 0 Å². The fourth-order valence-corrected chi connectivity index (χ4v) is 2.72. The number of hydrogen-bond donors (Lipinski definition) is 1. The monoisotopic (exact) mass is 306 g/mol. The Balaban J connectivity index is 1.74. The van der Waals surface area contributed by atoms with Crippen LogP contribution in [-0.4, -0.2) is 24.7 Å². The molecule has 1 aromatic carbocycles. The summed E-state index contributed by atoms with van der Waals surface area (Å²) in [5.74, 6) is 1.74. The van der Waals surface area contributed by atoms with E-state index in [0.29, 0.717) is 13.2 Å². The first-order chi connectivity index (χ1) is 10.3. The van der Waals surface area contributed by atoms with Gasteiger partial charge in [0, 0.05) is 24.0 Å². The fraction of sp³-hybridized carbons (Fsp3) is 0.438. The van der Waals surface area contributed by atoms with Crippen LogP contribution in [-0.2, 0) is 13.0 Å². The molecule has 0 aliphatic heterocycles. The molecular weight excluding hydrogens is 284 g/mol. The highest BCUT2D eigenvalue weighted by Crippen LogP contribution is 2.18. The number of aromatic nitrogens is 1. The highest BCUT2D eigenvalue weighted by atomic mass is 32.1. The van der Waals surface area contributed by atoms with Gasteiger partial charge in [0.2, 0.25) is 0 Å². The Bertz CT molecular complexity index is 525. The lowest BCUT2D eigenvalue weighted by Gasteiger charge is -2.06. The third kappa shape index (κ3) is 5.36. The minimum Gasteiger partial charge on any atom is -0.494 e. The van der Waals surface area contributed by atoms with Gasteiger partial charge in [0.1, 0.15) is 11.5 Å². The molecule has 0 unspecified atom stereocenters. The van der Waals surface area contributed by atoms with Crippen molar-refractivity contribution in [2.24, 2.45) is 0 Å². The molecule has 0 fully saturated rings. The van der Waals surface area contributed by atoms with Gasteiger partial charge in [-0.25, -0.2) is 4.98 Å². The number of benzene rings is 1. The molecule has 0 atom stereocenters. The van der Waals surface area contributed by atoms with Crippen LogP contribution in [0.5, 0.6) is 11.5 Å². The summed E-state index contributed by atoms with van der Waals surface area (Å²) in [6.07, 6.45) is 2.78. The Labute approximate surface area is 130 Å². The quantitative estimate of drug-likeness (QED) is 0.772. The highest BCUT2D eigenvalue weighted by Gasteiger charge is 2.02. The molecule has 0 saturated carbocycles. The normalized spacial score (nSPS) is 10.6. The standard InChI is InChI=1S/C16H22N2O2S/c1-3-17-11-15-12-18-16(21-15)9-10-20-14-7-5-13(6-8-14)19-4-2/h5-8,12,17H,3-4,9-11H2,1-2H3. The lowest BCUT2D eigenvalue weighted by atomic mass is 10.3. The van der Waals surface area contributed by atoms with Crippen molar-refractivity contribution in [2.75, 3.05) is 19.8 Å². The van der Waals surface area contributed by atoms with Crippen LogP contribution in [0.1, 0.15) is 23.7 Å². The summed E-state index contributed by atoms with van der Waals surface area (Å²) in [6.45, 7) is 7.28. The van der Waals surface area contributed by atoms with Crippen molar-refractivity contribution < 1.29 is 9.47 Å². The van der Waals surface area contributed by atoms with Crippen LogP contribution < -0.4 is 14.8 Å². The van der Waals surface area contributed by atoms with Crippen LogP contribution in [0.4, 0.5) is 0 Å². The number of rotatable bonds is 9. The van der Waals surface area contributed by atoms with E-state index < -0.39 is 0 Å². The van der Waals surface area contributed by atoms with E-state index in [1.807, 2.05) is 37.4 Å². The zero-order chi connectivity index (χ0) is 14.9. The Morgan fingerprint density at radius 2 is 1.81 bits per heavy atom. The summed E-state index contributed by atoms with van der Waals surface area (Å²) >= 11 is 1.74. The van der Waals surface area contributed by atoms with E-state index in [-0.39, 0.29) is 0 Å². The molecule has 0 aliphatic rings. The smallest absolute Gasteiger partial charge is 0.119 e. The predicted octanol–water partition coefficient (Wildman–Crippen LogP) is 3.27. The van der Waals surface area contributed by atoms with Crippen molar-refractivity contribution in [3.63, 3.8) is 0 Å². The number of ether oxygens (including phenoxy) is 2. The maximum Gasteiger partial charge on any atom is 0.119 e. The highest BCUT2D eigenvalue weighted by molar-refractivity contribution is 7.11. The van der Waals surface area contributed by atoms with Crippen molar-refractivity contribution in [1.82, 2.24) is 10.3 Å². The average Bonchev–Trinajstić information content (AvgIpc) is 2.95. The minimum absolute atomic E-state index is 0.641. The van der Waals surface area contributed by atoms with Gasteiger partial charge in [0.15, 0.2) is 0 Å². The van der Waals surface area contributed by atoms with E-state index >= 15 is 0 Å². The molecule has 5 heteroatoms. The third-order valence-corrected chi connectivity index (χ3v) is 3.93. The van der Waals surface area contributed by atoms with E-state index in [4.69, 9.17) is 9.47 Å². The number of hydrogen-bond acceptors (Lipinski definition) is 5. The summed E-state index contributed by atoms with van der Waals surface area (Å²) in [4.78, 5) is 5.69. The molecule has 2 rings (SSSR count). The molecule has 0 saturated heterocycles. The van der Waals surface area contributed by atoms with Crippen molar-refractivity contribution >= 4 is 11.3 Å². The summed E-state index contributed by atoms with van der Waals surface area (Å²) in [5, 5.41) is 4.42. The molecule has 4 nitrogen and oxygen atoms in total. The Morgan fingerprint density at radius 3 is 2.48 bits per heavy atom. The van der Waals surface area contributed by atoms with Crippen molar-refractivity contribution in [3.05, 3.63) is 40.3 Å². The Morgan fingerprint density at radius 1 is 1.10 bits per heavy atom. The zero-order valence-electron chi connectivity index (χ0n) is 12.6. The van der Waals surface area contributed by atoms with Crippen LogP contribution in [0.25, 0.3) is 0 Å². The summed E-state index contributed by atoms with van der Waals surface area (Å²) in [7, 11) is 0. The molecule has 1 aromatic heterocycles. The van der Waals surface area contributed by atoms with Gasteiger partial charge in [0.05, 0.1) is 18.2 Å². The lowest BCUT2D eigenvalue weighted by Crippen LogP contribution is -2.10. The van der Waals surface area contributed by atoms with Gasteiger partial charge in [-0.2, -0.15) is 0 Å². The zero-order valence-corrected chi connectivity index (χ0v) is 13.4. The molecule has 0 bridgehead atoms. The Hall–Kier alpha value is -1.59. The van der Waals surface area contributed by atoms with Gasteiger partial charge >= 0.3 is 0 Å². The molecule has 1 N–H and O–H groups in total. The SMILES string of the molecule is CCNCc1cnc(CCOc2ccc(OCC)cc2)s1. The lowest BCUT2D eigenvalue weighted by molar-refractivity contribution is 0.318. The van der Waals surface area contributed by atoms with Gasteiger partial charge in [-0.1, -0.05) is 6.92 Å². The second-order valence-electron chi connectivity index (χ2n) is 4.50. The molecule has 0 spiro atoms. The molecule has 114 valence electrons. The molecule has 0 aliphatic carbocycles. The maximum absolute atomic E-state index is 5.73. The van der Waals surface area contributed by atoms with Crippen LogP contribution in [0.2, 0.25) is 0 Å². The van der Waals surface area contributed by atoms with E-state index in [1.54, 1.807) is 11.3 Å². The first-order valence-corrected chi connectivity index (χ1v) is 8.13. The predicted molar refractivity (Wildman–Crippen MR) is 86.3 cm³/mol. The minimum atomic E-state index is 0.641. The first-order valence-electron chi connectivity index (χ1n) is 7.31. The summed E-state index contributed by atoms with van der Waals surface area (Å²) in [6, 6.07) is 7.72. The first kappa shape index (κ1) is 15.8. The fourth-order valence-electron chi connectivity index (χ4n) is 1.85. The number of thiazole rings is 1. The molecule has 1 heterocycles. The average molecular weight is 306 g/mol. The van der Waals surface area contributed by atoms with Crippen molar-refractivity contribution in [3.8, 4) is 11.5 Å². The van der Waals surface area contributed by atoms with Gasteiger partial charge in [0.25, 0.3) is 0 Å². The van der Waals surface area contributed by atoms with Crippen LogP contribution in [0.15, 0.2) is 30.5 Å². The van der Waals surface area contributed by atoms with E-state index in [1.165, 1.54) is 4.88 Å². The molecule has 2 aromatic rings. The van der Waals surface area contributed by atoms with Gasteiger partial charge < -0.3 is 14.8 Å². The van der Waals surface area contributed by atoms with Gasteiger partial charge in [-0.3, -0.25) is 0 Å². The second-order valence-corrected chi connectivity index (χ2v) is 5.70. The van der Waals surface area contributed by atoms with Crippen LogP contribution in [0, 0.1) is 0 Å². The van der Waals surface area contributed by atoms with Gasteiger partial charge in [-0.05, 0) is 37.7 Å². The van der Waals surface area contributed by atoms with Crippen molar-refractivity contribution in [1.29, 1.82) is 0 Å². The van der Waals surface area contributed by atoms with Gasteiger partial charge in [-0.15, -0.1) is 11.3 Å².